The third-order valence-electron chi connectivity index (χ3n) is 3.61. The highest BCUT2D eigenvalue weighted by molar-refractivity contribution is 4.93. The van der Waals surface area contributed by atoms with Crippen molar-refractivity contribution in [3.05, 3.63) is 18.2 Å². The van der Waals surface area contributed by atoms with E-state index in [1.54, 1.807) is 0 Å². The lowest BCUT2D eigenvalue weighted by atomic mass is 9.94. The van der Waals surface area contributed by atoms with Crippen LogP contribution in [0.5, 0.6) is 0 Å². The van der Waals surface area contributed by atoms with Crippen molar-refractivity contribution in [1.82, 2.24) is 15.0 Å². The molecule has 0 aromatic carbocycles. The van der Waals surface area contributed by atoms with E-state index in [9.17, 15) is 0 Å². The predicted octanol–water partition coefficient (Wildman–Crippen LogP) is 0.610. The summed E-state index contributed by atoms with van der Waals surface area (Å²) in [5.41, 5.74) is 2.93. The maximum absolute atomic E-state index is 5.64. The molecule has 3 atom stereocenters. The minimum absolute atomic E-state index is 0.316. The van der Waals surface area contributed by atoms with Gasteiger partial charge >= 0.3 is 0 Å². The van der Waals surface area contributed by atoms with Crippen molar-refractivity contribution in [2.75, 3.05) is 6.61 Å². The van der Waals surface area contributed by atoms with E-state index < -0.39 is 0 Å². The summed E-state index contributed by atoms with van der Waals surface area (Å²) in [6, 6.07) is 0.316. The second kappa shape index (κ2) is 5.62. The summed E-state index contributed by atoms with van der Waals surface area (Å²) >= 11 is 0. The van der Waals surface area contributed by atoms with E-state index in [4.69, 9.17) is 10.6 Å². The Labute approximate surface area is 102 Å². The van der Waals surface area contributed by atoms with Gasteiger partial charge in [-0.1, -0.05) is 0 Å². The van der Waals surface area contributed by atoms with Crippen LogP contribution in [0.4, 0.5) is 0 Å². The molecule has 0 aliphatic carbocycles. The highest BCUT2D eigenvalue weighted by Gasteiger charge is 2.28. The van der Waals surface area contributed by atoms with Crippen molar-refractivity contribution in [1.29, 1.82) is 0 Å². The van der Waals surface area contributed by atoms with E-state index in [1.807, 2.05) is 19.4 Å². The van der Waals surface area contributed by atoms with Crippen LogP contribution in [0.2, 0.25) is 0 Å². The van der Waals surface area contributed by atoms with Gasteiger partial charge in [-0.3, -0.25) is 11.3 Å². The van der Waals surface area contributed by atoms with Crippen molar-refractivity contribution < 1.29 is 4.74 Å². The Kier molecular flexibility index (Phi) is 4.15. The lowest BCUT2D eigenvalue weighted by Crippen LogP contribution is -2.41. The number of imidazole rings is 1. The van der Waals surface area contributed by atoms with Crippen LogP contribution in [-0.4, -0.2) is 28.3 Å². The molecule has 0 saturated carbocycles. The standard InChI is InChI=1S/C12H22N4O/c1-9-7-10(8-17-9)11(15-13)3-4-12-14-5-6-16(12)2/h5-6,9-11,15H,3-4,7-8,13H2,1-2H3. The minimum atomic E-state index is 0.316. The van der Waals surface area contributed by atoms with Crippen LogP contribution in [0.3, 0.4) is 0 Å². The van der Waals surface area contributed by atoms with E-state index >= 15 is 0 Å². The Balaban J connectivity index is 1.86. The summed E-state index contributed by atoms with van der Waals surface area (Å²) in [4.78, 5) is 4.33. The van der Waals surface area contributed by atoms with Gasteiger partial charge in [-0.25, -0.2) is 4.98 Å². The van der Waals surface area contributed by atoms with E-state index in [0.29, 0.717) is 18.1 Å². The number of hydrogen-bond donors (Lipinski definition) is 2. The molecule has 5 nitrogen and oxygen atoms in total. The molecule has 0 bridgehead atoms. The molecular formula is C12H22N4O. The average molecular weight is 238 g/mol. The number of aromatic nitrogens is 2. The molecule has 1 aromatic heterocycles. The van der Waals surface area contributed by atoms with Gasteiger partial charge in [0.1, 0.15) is 5.82 Å². The number of nitrogens with zero attached hydrogens (tertiary/aromatic N) is 2. The first-order chi connectivity index (χ1) is 8.20. The van der Waals surface area contributed by atoms with Crippen LogP contribution < -0.4 is 11.3 Å². The van der Waals surface area contributed by atoms with Crippen LogP contribution >= 0.6 is 0 Å². The first-order valence-electron chi connectivity index (χ1n) is 6.24. The molecule has 17 heavy (non-hydrogen) atoms. The summed E-state index contributed by atoms with van der Waals surface area (Å²) in [5.74, 6) is 7.27. The molecule has 5 heteroatoms. The van der Waals surface area contributed by atoms with E-state index in [1.165, 1.54) is 0 Å². The number of ether oxygens (including phenoxy) is 1. The van der Waals surface area contributed by atoms with Crippen molar-refractivity contribution in [3.8, 4) is 0 Å². The highest BCUT2D eigenvalue weighted by Crippen LogP contribution is 2.24. The van der Waals surface area contributed by atoms with Crippen LogP contribution in [0.25, 0.3) is 0 Å². The Morgan fingerprint density at radius 1 is 1.71 bits per heavy atom. The van der Waals surface area contributed by atoms with Crippen molar-refractivity contribution in [2.45, 2.75) is 38.3 Å². The lowest BCUT2D eigenvalue weighted by Gasteiger charge is -2.21. The maximum atomic E-state index is 5.64. The smallest absolute Gasteiger partial charge is 0.108 e. The number of nitrogens with two attached hydrogens (primary N) is 1. The van der Waals surface area contributed by atoms with Crippen molar-refractivity contribution in [3.63, 3.8) is 0 Å². The van der Waals surface area contributed by atoms with Gasteiger partial charge in [0.2, 0.25) is 0 Å². The molecule has 96 valence electrons. The van der Waals surface area contributed by atoms with Crippen molar-refractivity contribution >= 4 is 0 Å². The number of rotatable bonds is 5. The Bertz CT molecular complexity index is 352. The molecule has 2 heterocycles. The number of hydrazine groups is 1. The average Bonchev–Trinajstić information content (AvgIpc) is 2.90. The van der Waals surface area contributed by atoms with Crippen LogP contribution in [-0.2, 0) is 18.2 Å². The molecule has 1 aliphatic heterocycles. The molecule has 3 unspecified atom stereocenters. The third-order valence-corrected chi connectivity index (χ3v) is 3.61. The summed E-state index contributed by atoms with van der Waals surface area (Å²) < 4.78 is 7.65. The molecule has 0 spiro atoms. The minimum Gasteiger partial charge on any atom is -0.378 e. The zero-order chi connectivity index (χ0) is 12.3. The molecular weight excluding hydrogens is 216 g/mol. The fourth-order valence-corrected chi connectivity index (χ4v) is 2.51. The SMILES string of the molecule is CC1CC(C(CCc2nccn2C)NN)CO1. The zero-order valence-electron chi connectivity index (χ0n) is 10.6. The van der Waals surface area contributed by atoms with Gasteiger partial charge < -0.3 is 9.30 Å². The Hall–Kier alpha value is -0.910. The van der Waals surface area contributed by atoms with E-state index in [-0.39, 0.29) is 0 Å². The summed E-state index contributed by atoms with van der Waals surface area (Å²) in [7, 11) is 2.02. The quantitative estimate of drug-likeness (QED) is 0.583. The summed E-state index contributed by atoms with van der Waals surface area (Å²) in [5, 5.41) is 0. The van der Waals surface area contributed by atoms with Gasteiger partial charge in [0.05, 0.1) is 12.7 Å². The fraction of sp³-hybridized carbons (Fsp3) is 0.750. The molecule has 1 aliphatic rings. The van der Waals surface area contributed by atoms with Gasteiger partial charge in [-0.05, 0) is 19.8 Å². The number of aryl methyl sites for hydroxylation is 2. The summed E-state index contributed by atoms with van der Waals surface area (Å²) in [6.45, 7) is 2.93. The highest BCUT2D eigenvalue weighted by atomic mass is 16.5. The molecule has 0 radical (unpaired) electrons. The molecule has 2 rings (SSSR count). The number of nitrogens with one attached hydrogen (secondary N) is 1. The first-order valence-corrected chi connectivity index (χ1v) is 6.24. The zero-order valence-corrected chi connectivity index (χ0v) is 10.6. The Morgan fingerprint density at radius 2 is 2.53 bits per heavy atom. The second-order valence-corrected chi connectivity index (χ2v) is 4.91. The topological polar surface area (TPSA) is 65.1 Å². The fourth-order valence-electron chi connectivity index (χ4n) is 2.51. The van der Waals surface area contributed by atoms with Gasteiger partial charge in [0.25, 0.3) is 0 Å². The molecule has 3 N–H and O–H groups in total. The van der Waals surface area contributed by atoms with E-state index in [2.05, 4.69) is 21.9 Å². The maximum Gasteiger partial charge on any atom is 0.108 e. The monoisotopic (exact) mass is 238 g/mol. The lowest BCUT2D eigenvalue weighted by molar-refractivity contribution is 0.116. The second-order valence-electron chi connectivity index (χ2n) is 4.91. The molecule has 1 fully saturated rings. The molecule has 1 saturated heterocycles. The first kappa shape index (κ1) is 12.5. The predicted molar refractivity (Wildman–Crippen MR) is 66.2 cm³/mol. The normalized spacial score (nSPS) is 26.3. The largest absolute Gasteiger partial charge is 0.378 e. The Morgan fingerprint density at radius 3 is 3.06 bits per heavy atom. The van der Waals surface area contributed by atoms with E-state index in [0.717, 1.165) is 31.7 Å². The number of hydrogen-bond acceptors (Lipinski definition) is 4. The van der Waals surface area contributed by atoms with Crippen LogP contribution in [0.15, 0.2) is 12.4 Å². The van der Waals surface area contributed by atoms with Crippen LogP contribution in [0, 0.1) is 5.92 Å². The van der Waals surface area contributed by atoms with Gasteiger partial charge in [0.15, 0.2) is 0 Å². The van der Waals surface area contributed by atoms with Crippen molar-refractivity contribution in [2.24, 2.45) is 18.8 Å². The molecule has 0 amide bonds. The summed E-state index contributed by atoms with van der Waals surface area (Å²) in [6.07, 6.45) is 7.21. The van der Waals surface area contributed by atoms with Gasteiger partial charge in [-0.15, -0.1) is 0 Å². The van der Waals surface area contributed by atoms with Gasteiger partial charge in [0, 0.05) is 37.8 Å². The van der Waals surface area contributed by atoms with Gasteiger partial charge in [-0.2, -0.15) is 0 Å². The molecule has 1 aromatic rings. The third kappa shape index (κ3) is 3.06. The van der Waals surface area contributed by atoms with Crippen LogP contribution in [0.1, 0.15) is 25.6 Å².